The minimum atomic E-state index is -0.324. The lowest BCUT2D eigenvalue weighted by molar-refractivity contribution is -0.124. The van der Waals surface area contributed by atoms with Gasteiger partial charge in [-0.3, -0.25) is 9.59 Å². The van der Waals surface area contributed by atoms with E-state index in [4.69, 9.17) is 0 Å². The van der Waals surface area contributed by atoms with Crippen LogP contribution in [0.1, 0.15) is 36.5 Å². The molecule has 1 saturated heterocycles. The van der Waals surface area contributed by atoms with Crippen molar-refractivity contribution in [1.29, 1.82) is 0 Å². The first-order valence-electron chi connectivity index (χ1n) is 10.3. The Bertz CT molecular complexity index is 867. The van der Waals surface area contributed by atoms with E-state index in [0.29, 0.717) is 5.56 Å². The molecule has 29 heavy (non-hydrogen) atoms. The molecule has 4 rings (SSSR count). The summed E-state index contributed by atoms with van der Waals surface area (Å²) in [5.74, 6) is 0.340. The summed E-state index contributed by atoms with van der Waals surface area (Å²) in [6, 6.07) is 5.91. The fourth-order valence-electron chi connectivity index (χ4n) is 4.44. The van der Waals surface area contributed by atoms with Gasteiger partial charge in [-0.15, -0.1) is 0 Å². The van der Waals surface area contributed by atoms with Gasteiger partial charge < -0.3 is 9.80 Å². The largest absolute Gasteiger partial charge is 0.329 e. The van der Waals surface area contributed by atoms with Crippen molar-refractivity contribution in [3.05, 3.63) is 60.1 Å². The normalized spacial score (nSPS) is 25.1. The number of fused-ring (bicyclic) bond motifs is 1. The molecule has 3 aliphatic heterocycles. The number of piperidine rings is 1. The van der Waals surface area contributed by atoms with Crippen LogP contribution in [0.5, 0.6) is 0 Å². The first-order chi connectivity index (χ1) is 14.0. The van der Waals surface area contributed by atoms with Crippen molar-refractivity contribution in [3.8, 4) is 0 Å². The second-order valence-electron chi connectivity index (χ2n) is 8.04. The highest BCUT2D eigenvalue weighted by molar-refractivity contribution is 6.05. The topological polar surface area (TPSA) is 53.0 Å². The Morgan fingerprint density at radius 3 is 2.62 bits per heavy atom. The molecule has 3 heterocycles. The number of hydrogen-bond acceptors (Lipinski definition) is 4. The van der Waals surface area contributed by atoms with Crippen molar-refractivity contribution in [2.24, 2.45) is 16.8 Å². The van der Waals surface area contributed by atoms with Gasteiger partial charge in [-0.05, 0) is 82.2 Å². The third-order valence-corrected chi connectivity index (χ3v) is 6.27. The van der Waals surface area contributed by atoms with Crippen LogP contribution in [0.25, 0.3) is 0 Å². The lowest BCUT2D eigenvalue weighted by Crippen LogP contribution is -2.47. The van der Waals surface area contributed by atoms with Crippen molar-refractivity contribution >= 4 is 17.5 Å². The molecule has 6 heteroatoms. The van der Waals surface area contributed by atoms with Gasteiger partial charge in [0.1, 0.15) is 11.7 Å². The maximum Gasteiger partial charge on any atom is 0.252 e. The third kappa shape index (κ3) is 4.22. The predicted octanol–water partition coefficient (Wildman–Crippen LogP) is 3.44. The van der Waals surface area contributed by atoms with Crippen molar-refractivity contribution in [3.63, 3.8) is 0 Å². The number of amides is 1. The Kier molecular flexibility index (Phi) is 5.72. The molecule has 0 radical (unpaired) electrons. The molecule has 2 unspecified atom stereocenters. The molecule has 1 amide bonds. The van der Waals surface area contributed by atoms with Crippen LogP contribution in [0.4, 0.5) is 4.39 Å². The van der Waals surface area contributed by atoms with Gasteiger partial charge >= 0.3 is 0 Å². The molecular formula is C23H26FN3O2. The summed E-state index contributed by atoms with van der Waals surface area (Å²) in [7, 11) is 0. The Morgan fingerprint density at radius 1 is 1.17 bits per heavy atom. The molecule has 0 bridgehead atoms. The number of allylic oxidation sites excluding steroid dienone is 2. The first kappa shape index (κ1) is 19.7. The van der Waals surface area contributed by atoms with Crippen LogP contribution in [0.3, 0.4) is 0 Å². The number of carbonyl (C=O) groups excluding carboxylic acids is 2. The molecule has 5 nitrogen and oxygen atoms in total. The summed E-state index contributed by atoms with van der Waals surface area (Å²) in [5.41, 5.74) is 0.587. The minimum absolute atomic E-state index is 0.00983. The molecule has 0 aromatic heterocycles. The summed E-state index contributed by atoms with van der Waals surface area (Å²) in [4.78, 5) is 33.8. The van der Waals surface area contributed by atoms with Gasteiger partial charge in [0, 0.05) is 23.7 Å². The molecule has 0 aliphatic carbocycles. The monoisotopic (exact) mass is 395 g/mol. The first-order valence-corrected chi connectivity index (χ1v) is 10.3. The molecule has 0 spiro atoms. The van der Waals surface area contributed by atoms with E-state index in [2.05, 4.69) is 21.7 Å². The van der Waals surface area contributed by atoms with Crippen LogP contribution in [-0.4, -0.2) is 53.0 Å². The lowest BCUT2D eigenvalue weighted by atomic mass is 9.88. The quantitative estimate of drug-likeness (QED) is 0.717. The average Bonchev–Trinajstić information content (AvgIpc) is 2.74. The number of likely N-dealkylation sites (tertiary alicyclic amines) is 1. The maximum absolute atomic E-state index is 13.1. The van der Waals surface area contributed by atoms with E-state index in [1.165, 1.54) is 12.1 Å². The number of Topliss-reactive ketones (excluding diaryl/α,β-unsaturated/α-hetero) is 1. The van der Waals surface area contributed by atoms with E-state index in [-0.39, 0.29) is 35.4 Å². The zero-order valence-corrected chi connectivity index (χ0v) is 16.6. The summed E-state index contributed by atoms with van der Waals surface area (Å²) in [6.45, 7) is 4.59. The van der Waals surface area contributed by atoms with E-state index in [1.54, 1.807) is 12.1 Å². The summed E-state index contributed by atoms with van der Waals surface area (Å²) >= 11 is 0. The van der Waals surface area contributed by atoms with E-state index in [1.807, 2.05) is 24.4 Å². The molecule has 1 fully saturated rings. The van der Waals surface area contributed by atoms with E-state index < -0.39 is 0 Å². The number of amidine groups is 1. The second kappa shape index (κ2) is 8.41. The minimum Gasteiger partial charge on any atom is -0.329 e. The van der Waals surface area contributed by atoms with Gasteiger partial charge in [-0.25, -0.2) is 4.39 Å². The van der Waals surface area contributed by atoms with Crippen LogP contribution in [-0.2, 0) is 4.79 Å². The highest BCUT2D eigenvalue weighted by atomic mass is 19.1. The number of benzene rings is 1. The van der Waals surface area contributed by atoms with Gasteiger partial charge in [-0.1, -0.05) is 6.08 Å². The van der Waals surface area contributed by atoms with Gasteiger partial charge in [-0.2, -0.15) is 4.99 Å². The maximum atomic E-state index is 13.1. The summed E-state index contributed by atoms with van der Waals surface area (Å²) < 4.78 is 13.1. The molecule has 3 aliphatic rings. The highest BCUT2D eigenvalue weighted by Crippen LogP contribution is 2.27. The predicted molar refractivity (Wildman–Crippen MR) is 110 cm³/mol. The fourth-order valence-corrected chi connectivity index (χ4v) is 4.44. The van der Waals surface area contributed by atoms with Crippen LogP contribution in [0.2, 0.25) is 0 Å². The van der Waals surface area contributed by atoms with Crippen LogP contribution < -0.4 is 0 Å². The zero-order chi connectivity index (χ0) is 20.4. The number of aliphatic imine (C=N–C) groups is 1. The molecule has 2 atom stereocenters. The van der Waals surface area contributed by atoms with Gasteiger partial charge in [0.05, 0.1) is 5.92 Å². The van der Waals surface area contributed by atoms with E-state index in [9.17, 15) is 14.0 Å². The SMILES string of the molecule is CC1C(CCN2CCC(C(=O)c3ccc(F)cc3)CC2)C(=O)N=C2C=CC=CN21. The van der Waals surface area contributed by atoms with Crippen molar-refractivity contribution in [2.75, 3.05) is 19.6 Å². The second-order valence-corrected chi connectivity index (χ2v) is 8.04. The van der Waals surface area contributed by atoms with Crippen LogP contribution in [0.15, 0.2) is 53.7 Å². The Labute approximate surface area is 170 Å². The molecule has 1 aromatic carbocycles. The van der Waals surface area contributed by atoms with Gasteiger partial charge in [0.25, 0.3) is 5.91 Å². The molecule has 0 saturated carbocycles. The van der Waals surface area contributed by atoms with E-state index in [0.717, 1.165) is 44.7 Å². The van der Waals surface area contributed by atoms with Crippen molar-refractivity contribution < 1.29 is 14.0 Å². The molecule has 1 aromatic rings. The lowest BCUT2D eigenvalue weighted by Gasteiger charge is -2.38. The molecular weight excluding hydrogens is 369 g/mol. The third-order valence-electron chi connectivity index (χ3n) is 6.27. The fraction of sp³-hybridized carbons (Fsp3) is 0.435. The number of nitrogens with zero attached hydrogens (tertiary/aromatic N) is 3. The number of carbonyl (C=O) groups is 2. The molecule has 152 valence electrons. The Hall–Kier alpha value is -2.60. The number of halogens is 1. The highest BCUT2D eigenvalue weighted by Gasteiger charge is 2.35. The molecule has 0 N–H and O–H groups in total. The Balaban J connectivity index is 1.29. The van der Waals surface area contributed by atoms with Crippen molar-refractivity contribution in [2.45, 2.75) is 32.2 Å². The van der Waals surface area contributed by atoms with Crippen molar-refractivity contribution in [1.82, 2.24) is 9.80 Å². The summed E-state index contributed by atoms with van der Waals surface area (Å²) in [5, 5.41) is 0. The van der Waals surface area contributed by atoms with Crippen LogP contribution >= 0.6 is 0 Å². The van der Waals surface area contributed by atoms with Gasteiger partial charge in [0.2, 0.25) is 0 Å². The van der Waals surface area contributed by atoms with Gasteiger partial charge in [0.15, 0.2) is 5.78 Å². The number of hydrogen-bond donors (Lipinski definition) is 0. The zero-order valence-electron chi connectivity index (χ0n) is 16.6. The smallest absolute Gasteiger partial charge is 0.252 e. The standard InChI is InChI=1S/C23H26FN3O2/c1-16-20(23(29)25-21-4-2-3-12-27(16)21)11-15-26-13-9-18(10-14-26)22(28)17-5-7-19(24)8-6-17/h2-8,12,16,18,20H,9-11,13-15H2,1H3. The van der Waals surface area contributed by atoms with Crippen LogP contribution in [0, 0.1) is 17.7 Å². The number of ketones is 1. The average molecular weight is 395 g/mol. The van der Waals surface area contributed by atoms with E-state index >= 15 is 0 Å². The Morgan fingerprint density at radius 2 is 1.90 bits per heavy atom. The summed E-state index contributed by atoms with van der Waals surface area (Å²) in [6.07, 6.45) is 10.1. The number of rotatable bonds is 5.